The lowest BCUT2D eigenvalue weighted by Crippen LogP contribution is -2.50. The molecule has 1 aliphatic rings. The van der Waals surface area contributed by atoms with Crippen molar-refractivity contribution in [2.45, 2.75) is 49.5 Å². The van der Waals surface area contributed by atoms with E-state index >= 15 is 0 Å². The van der Waals surface area contributed by atoms with Crippen molar-refractivity contribution in [1.82, 2.24) is 10.2 Å². The third-order valence-electron chi connectivity index (χ3n) is 7.28. The van der Waals surface area contributed by atoms with Crippen LogP contribution in [-0.2, 0) is 20.8 Å². The first-order valence-corrected chi connectivity index (χ1v) is 15.5. The van der Waals surface area contributed by atoms with Crippen LogP contribution in [0.25, 0.3) is 10.8 Å². The lowest BCUT2D eigenvalue weighted by Gasteiger charge is -2.28. The van der Waals surface area contributed by atoms with E-state index in [4.69, 9.17) is 11.5 Å². The van der Waals surface area contributed by atoms with Gasteiger partial charge in [0.1, 0.15) is 6.04 Å². The van der Waals surface area contributed by atoms with Gasteiger partial charge in [-0.25, -0.2) is 0 Å². The fourth-order valence-corrected chi connectivity index (χ4v) is 6.15. The molecule has 0 aliphatic carbocycles. The number of rotatable bonds is 14. The number of amides is 3. The summed E-state index contributed by atoms with van der Waals surface area (Å²) in [6.45, 7) is 2.45. The van der Waals surface area contributed by atoms with Gasteiger partial charge in [-0.05, 0) is 60.8 Å². The molecule has 4 rings (SSSR count). The highest BCUT2D eigenvalue weighted by Gasteiger charge is 2.27. The number of para-hydroxylation sites is 1. The molecule has 0 saturated carbocycles. The van der Waals surface area contributed by atoms with E-state index in [0.29, 0.717) is 64.8 Å². The molecule has 3 aromatic rings. The monoisotopic (exact) mass is 575 g/mol. The summed E-state index contributed by atoms with van der Waals surface area (Å²) < 4.78 is 0. The van der Waals surface area contributed by atoms with Crippen molar-refractivity contribution in [1.29, 1.82) is 0 Å². The molecule has 3 aromatic carbocycles. The lowest BCUT2D eigenvalue weighted by atomic mass is 10.0. The molecule has 0 radical (unpaired) electrons. The van der Waals surface area contributed by atoms with Crippen LogP contribution in [0.2, 0.25) is 0 Å². The summed E-state index contributed by atoms with van der Waals surface area (Å²) in [5, 5.41) is 5.24. The Morgan fingerprint density at radius 2 is 1.63 bits per heavy atom. The number of nitrogens with one attached hydrogen (secondary N) is 1. The van der Waals surface area contributed by atoms with Gasteiger partial charge >= 0.3 is 0 Å². The second-order valence-electron chi connectivity index (χ2n) is 10.3. The van der Waals surface area contributed by atoms with Crippen molar-refractivity contribution < 1.29 is 14.4 Å². The molecule has 41 heavy (non-hydrogen) atoms. The maximum absolute atomic E-state index is 13.8. The molecule has 1 aliphatic heterocycles. The molecule has 9 heteroatoms. The topological polar surface area (TPSA) is 122 Å². The van der Waals surface area contributed by atoms with E-state index in [2.05, 4.69) is 17.4 Å². The zero-order valence-electron chi connectivity index (χ0n) is 23.6. The Morgan fingerprint density at radius 1 is 0.927 bits per heavy atom. The largest absolute Gasteiger partial charge is 0.344 e. The van der Waals surface area contributed by atoms with E-state index in [9.17, 15) is 14.4 Å². The summed E-state index contributed by atoms with van der Waals surface area (Å²) in [6, 6.07) is 21.4. The predicted octanol–water partition coefficient (Wildman–Crippen LogP) is 3.70. The number of hydrogen-bond donors (Lipinski definition) is 3. The van der Waals surface area contributed by atoms with Crippen molar-refractivity contribution in [2.24, 2.45) is 11.5 Å². The van der Waals surface area contributed by atoms with E-state index < -0.39 is 6.04 Å². The average molecular weight is 576 g/mol. The van der Waals surface area contributed by atoms with Crippen LogP contribution in [0.4, 0.5) is 5.69 Å². The molecule has 1 heterocycles. The number of benzene rings is 3. The Kier molecular flexibility index (Phi) is 11.6. The number of thioether (sulfide) groups is 1. The van der Waals surface area contributed by atoms with Crippen LogP contribution in [0.3, 0.4) is 0 Å². The Morgan fingerprint density at radius 3 is 2.39 bits per heavy atom. The van der Waals surface area contributed by atoms with E-state index in [1.54, 1.807) is 21.6 Å². The number of hydrogen-bond acceptors (Lipinski definition) is 6. The molecule has 0 spiro atoms. The van der Waals surface area contributed by atoms with Crippen LogP contribution in [-0.4, -0.2) is 67.1 Å². The second-order valence-corrected chi connectivity index (χ2v) is 11.5. The standard InChI is InChI=1S/C32H41N5O3S/c33-16-6-18-36(19-7-17-34)32(40)27(23-24-13-14-25-8-1-2-9-26(25)22-24)35-30(38)12-5-20-37-28-10-3-4-11-29(28)41-21-15-31(37)39/h1-4,8-11,13-14,22,27H,5-7,12,15-21,23,33-34H2,(H,35,38). The summed E-state index contributed by atoms with van der Waals surface area (Å²) in [7, 11) is 0. The van der Waals surface area contributed by atoms with Gasteiger partial charge in [-0.2, -0.15) is 0 Å². The molecule has 1 unspecified atom stereocenters. The molecule has 0 fully saturated rings. The van der Waals surface area contributed by atoms with Crippen molar-refractivity contribution >= 4 is 45.9 Å². The van der Waals surface area contributed by atoms with Gasteiger partial charge < -0.3 is 26.6 Å². The zero-order chi connectivity index (χ0) is 29.0. The first kappa shape index (κ1) is 30.6. The third-order valence-corrected chi connectivity index (χ3v) is 8.34. The van der Waals surface area contributed by atoms with Crippen LogP contribution in [0.1, 0.15) is 37.7 Å². The molecule has 1 atom stereocenters. The van der Waals surface area contributed by atoms with Gasteiger partial charge in [-0.1, -0.05) is 54.6 Å². The predicted molar refractivity (Wildman–Crippen MR) is 167 cm³/mol. The van der Waals surface area contributed by atoms with E-state index in [0.717, 1.165) is 32.7 Å². The highest BCUT2D eigenvalue weighted by atomic mass is 32.2. The molecule has 0 aromatic heterocycles. The van der Waals surface area contributed by atoms with Crippen molar-refractivity contribution in [2.75, 3.05) is 43.4 Å². The smallest absolute Gasteiger partial charge is 0.245 e. The summed E-state index contributed by atoms with van der Waals surface area (Å²) in [4.78, 5) is 44.4. The number of nitrogens with two attached hydrogens (primary N) is 2. The molecule has 3 amide bonds. The van der Waals surface area contributed by atoms with Gasteiger partial charge in [0.2, 0.25) is 17.7 Å². The van der Waals surface area contributed by atoms with E-state index in [-0.39, 0.29) is 24.1 Å². The molecular formula is C32H41N5O3S. The molecular weight excluding hydrogens is 534 g/mol. The number of carbonyl (C=O) groups excluding carboxylic acids is 3. The van der Waals surface area contributed by atoms with E-state index in [1.807, 2.05) is 54.6 Å². The summed E-state index contributed by atoms with van der Waals surface area (Å²) in [6.07, 6.45) is 2.92. The SMILES string of the molecule is NCCCN(CCCN)C(=O)C(Cc1ccc2ccccc2c1)NC(=O)CCCN1C(=O)CCSc2ccccc21. The minimum Gasteiger partial charge on any atom is -0.344 e. The summed E-state index contributed by atoms with van der Waals surface area (Å²) >= 11 is 1.68. The molecule has 218 valence electrons. The first-order valence-electron chi connectivity index (χ1n) is 14.5. The van der Waals surface area contributed by atoms with Crippen LogP contribution >= 0.6 is 11.8 Å². The maximum atomic E-state index is 13.8. The number of nitrogens with zero attached hydrogens (tertiary/aromatic N) is 2. The molecule has 0 bridgehead atoms. The summed E-state index contributed by atoms with van der Waals surface area (Å²) in [5.74, 6) is 0.493. The Labute approximate surface area is 246 Å². The molecule has 8 nitrogen and oxygen atoms in total. The van der Waals surface area contributed by atoms with Crippen LogP contribution in [0.5, 0.6) is 0 Å². The van der Waals surface area contributed by atoms with Gasteiger partial charge in [-0.3, -0.25) is 14.4 Å². The molecule has 0 saturated heterocycles. The maximum Gasteiger partial charge on any atom is 0.245 e. The normalized spacial score (nSPS) is 13.9. The average Bonchev–Trinajstić information content (AvgIpc) is 3.14. The van der Waals surface area contributed by atoms with Crippen molar-refractivity contribution in [3.05, 3.63) is 72.3 Å². The van der Waals surface area contributed by atoms with Gasteiger partial charge in [0, 0.05) is 49.5 Å². The Balaban J connectivity index is 1.45. The third kappa shape index (κ3) is 8.55. The Hall–Kier alpha value is -3.40. The number of anilines is 1. The number of fused-ring (bicyclic) bond motifs is 2. The summed E-state index contributed by atoms with van der Waals surface area (Å²) in [5.41, 5.74) is 13.4. The second kappa shape index (κ2) is 15.6. The first-order chi connectivity index (χ1) is 20.0. The van der Waals surface area contributed by atoms with Crippen LogP contribution in [0, 0.1) is 0 Å². The van der Waals surface area contributed by atoms with Crippen LogP contribution in [0.15, 0.2) is 71.6 Å². The van der Waals surface area contributed by atoms with Gasteiger partial charge in [0.05, 0.1) is 5.69 Å². The minimum absolute atomic E-state index is 0.0719. The quantitative estimate of drug-likeness (QED) is 0.270. The Bertz CT molecular complexity index is 1330. The molecule has 5 N–H and O–H groups in total. The lowest BCUT2D eigenvalue weighted by molar-refractivity contribution is -0.136. The van der Waals surface area contributed by atoms with Crippen molar-refractivity contribution in [3.63, 3.8) is 0 Å². The minimum atomic E-state index is -0.712. The van der Waals surface area contributed by atoms with E-state index in [1.165, 1.54) is 0 Å². The zero-order valence-corrected chi connectivity index (χ0v) is 24.4. The van der Waals surface area contributed by atoms with Gasteiger partial charge in [0.25, 0.3) is 0 Å². The van der Waals surface area contributed by atoms with Crippen LogP contribution < -0.4 is 21.7 Å². The fourth-order valence-electron chi connectivity index (χ4n) is 5.15. The van der Waals surface area contributed by atoms with Gasteiger partial charge in [-0.15, -0.1) is 11.8 Å². The highest BCUT2D eigenvalue weighted by Crippen LogP contribution is 2.34. The van der Waals surface area contributed by atoms with Gasteiger partial charge in [0.15, 0.2) is 0 Å². The fraction of sp³-hybridized carbons (Fsp3) is 0.406. The van der Waals surface area contributed by atoms with Crippen molar-refractivity contribution in [3.8, 4) is 0 Å². The highest BCUT2D eigenvalue weighted by molar-refractivity contribution is 7.99. The number of carbonyl (C=O) groups is 3.